The molecule has 1 aromatic carbocycles. The number of fused-ring (bicyclic) bond motifs is 2. The number of nitrogens with one attached hydrogen (secondary N) is 1. The first kappa shape index (κ1) is 25.9. The van der Waals surface area contributed by atoms with Crippen LogP contribution in [0.5, 0.6) is 0 Å². The summed E-state index contributed by atoms with van der Waals surface area (Å²) in [6.07, 6.45) is 8.45. The summed E-state index contributed by atoms with van der Waals surface area (Å²) >= 11 is 0. The Hall–Kier alpha value is -4.31. The van der Waals surface area contributed by atoms with Crippen molar-refractivity contribution in [3.05, 3.63) is 78.1 Å². The van der Waals surface area contributed by atoms with Gasteiger partial charge < -0.3 is 14.8 Å². The van der Waals surface area contributed by atoms with Gasteiger partial charge in [0, 0.05) is 48.1 Å². The van der Waals surface area contributed by atoms with Gasteiger partial charge >= 0.3 is 6.09 Å². The quantitative estimate of drug-likeness (QED) is 0.274. The zero-order valence-corrected chi connectivity index (χ0v) is 22.7. The van der Waals surface area contributed by atoms with E-state index >= 15 is 0 Å². The van der Waals surface area contributed by atoms with Crippen molar-refractivity contribution in [1.29, 1.82) is 0 Å². The van der Waals surface area contributed by atoms with E-state index in [2.05, 4.69) is 15.4 Å². The molecule has 4 aromatic heterocycles. The van der Waals surface area contributed by atoms with Gasteiger partial charge in [0.25, 0.3) is 0 Å². The van der Waals surface area contributed by atoms with E-state index in [0.29, 0.717) is 42.3 Å². The van der Waals surface area contributed by atoms with Gasteiger partial charge in [-0.3, -0.25) is 9.55 Å². The third-order valence-corrected chi connectivity index (χ3v) is 6.86. The van der Waals surface area contributed by atoms with E-state index in [1.165, 1.54) is 12.3 Å². The SMILES string of the molecule is CC(C)(C)OC(=O)n1cc(CCNc2cc(-c3cncc(F)c3)nc3c(C4CCCO4)cnn23)c2ccccc21. The molecule has 1 saturated heterocycles. The summed E-state index contributed by atoms with van der Waals surface area (Å²) in [6.45, 7) is 6.81. The first-order chi connectivity index (χ1) is 19.3. The number of ether oxygens (including phenoxy) is 2. The van der Waals surface area contributed by atoms with Crippen molar-refractivity contribution in [3.63, 3.8) is 0 Å². The molecule has 1 atom stereocenters. The van der Waals surface area contributed by atoms with Crippen LogP contribution in [0.3, 0.4) is 0 Å². The second kappa shape index (κ2) is 10.3. The largest absolute Gasteiger partial charge is 0.443 e. The number of aromatic nitrogens is 5. The first-order valence-corrected chi connectivity index (χ1v) is 13.4. The third kappa shape index (κ3) is 5.14. The van der Waals surface area contributed by atoms with Crippen LogP contribution in [0, 0.1) is 5.82 Å². The van der Waals surface area contributed by atoms with Crippen LogP contribution in [0.4, 0.5) is 15.0 Å². The van der Waals surface area contributed by atoms with Gasteiger partial charge in [0.05, 0.1) is 29.7 Å². The lowest BCUT2D eigenvalue weighted by Gasteiger charge is -2.19. The Bertz CT molecular complexity index is 1700. The van der Waals surface area contributed by atoms with Gasteiger partial charge in [0.1, 0.15) is 17.2 Å². The number of benzene rings is 1. The highest BCUT2D eigenvalue weighted by molar-refractivity contribution is 5.92. The molecule has 1 aliphatic heterocycles. The van der Waals surface area contributed by atoms with Crippen LogP contribution in [0.15, 0.2) is 61.2 Å². The number of pyridine rings is 1. The third-order valence-electron chi connectivity index (χ3n) is 6.86. The molecular weight excluding hydrogens is 511 g/mol. The van der Waals surface area contributed by atoms with Crippen molar-refractivity contribution in [2.24, 2.45) is 0 Å². The Morgan fingerprint density at radius 1 is 1.20 bits per heavy atom. The highest BCUT2D eigenvalue weighted by atomic mass is 19.1. The van der Waals surface area contributed by atoms with E-state index in [0.717, 1.165) is 34.9 Å². The van der Waals surface area contributed by atoms with Crippen molar-refractivity contribution in [1.82, 2.24) is 24.1 Å². The normalized spacial score (nSPS) is 15.7. The molecule has 0 radical (unpaired) electrons. The Balaban J connectivity index is 1.31. The summed E-state index contributed by atoms with van der Waals surface area (Å²) in [5, 5.41) is 9.08. The Morgan fingerprint density at radius 2 is 2.05 bits per heavy atom. The summed E-state index contributed by atoms with van der Waals surface area (Å²) in [7, 11) is 0. The van der Waals surface area contributed by atoms with E-state index in [1.807, 2.05) is 57.3 Å². The monoisotopic (exact) mass is 542 g/mol. The number of halogens is 1. The number of nitrogens with zero attached hydrogens (tertiary/aromatic N) is 5. The van der Waals surface area contributed by atoms with Crippen LogP contribution in [0.2, 0.25) is 0 Å². The first-order valence-electron chi connectivity index (χ1n) is 13.4. The number of carbonyl (C=O) groups excluding carboxylic acids is 1. The number of para-hydroxylation sites is 1. The van der Waals surface area contributed by atoms with E-state index in [9.17, 15) is 9.18 Å². The molecule has 1 unspecified atom stereocenters. The maximum Gasteiger partial charge on any atom is 0.419 e. The van der Waals surface area contributed by atoms with Crippen molar-refractivity contribution >= 4 is 28.5 Å². The van der Waals surface area contributed by atoms with Gasteiger partial charge in [-0.05, 0) is 57.7 Å². The maximum absolute atomic E-state index is 14.0. The number of hydrogen-bond donors (Lipinski definition) is 1. The standard InChI is InChI=1S/C30H31FN6O3/c1-30(2,3)40-29(38)36-18-19(22-7-4-5-8-25(22)36)10-11-33-27-14-24(20-13-21(31)16-32-15-20)35-28-23(17-34-37(27)28)26-9-6-12-39-26/h4-5,7-8,13-18,26,33H,6,9-12H2,1-3H3. The molecular formula is C30H31FN6O3. The zero-order valence-electron chi connectivity index (χ0n) is 22.7. The molecule has 5 aromatic rings. The topological polar surface area (TPSA) is 95.6 Å². The molecule has 0 aliphatic carbocycles. The smallest absolute Gasteiger partial charge is 0.419 e. The zero-order chi connectivity index (χ0) is 27.9. The van der Waals surface area contributed by atoms with Crippen LogP contribution in [0.25, 0.3) is 27.8 Å². The van der Waals surface area contributed by atoms with E-state index in [4.69, 9.17) is 14.5 Å². The van der Waals surface area contributed by atoms with Gasteiger partial charge in [-0.2, -0.15) is 9.61 Å². The number of carbonyl (C=O) groups is 1. The average Bonchev–Trinajstić information content (AvgIpc) is 3.66. The predicted octanol–water partition coefficient (Wildman–Crippen LogP) is 6.17. The fourth-order valence-electron chi connectivity index (χ4n) is 5.09. The lowest BCUT2D eigenvalue weighted by Crippen LogP contribution is -2.26. The number of anilines is 1. The minimum atomic E-state index is -0.599. The molecule has 5 heterocycles. The van der Waals surface area contributed by atoms with Gasteiger partial charge in [0.15, 0.2) is 5.65 Å². The van der Waals surface area contributed by atoms with Crippen LogP contribution in [-0.4, -0.2) is 49.0 Å². The molecule has 1 N–H and O–H groups in total. The molecule has 10 heteroatoms. The van der Waals surface area contributed by atoms with Gasteiger partial charge in [0.2, 0.25) is 0 Å². The Morgan fingerprint density at radius 3 is 2.83 bits per heavy atom. The van der Waals surface area contributed by atoms with Crippen molar-refractivity contribution < 1.29 is 18.7 Å². The minimum Gasteiger partial charge on any atom is -0.443 e. The molecule has 9 nitrogen and oxygen atoms in total. The second-order valence-corrected chi connectivity index (χ2v) is 11.0. The Labute approximate surface area is 231 Å². The van der Waals surface area contributed by atoms with Crippen LogP contribution >= 0.6 is 0 Å². The average molecular weight is 543 g/mol. The Kier molecular flexibility index (Phi) is 6.71. The summed E-state index contributed by atoms with van der Waals surface area (Å²) in [5.74, 6) is 0.285. The molecule has 1 fully saturated rings. The molecule has 40 heavy (non-hydrogen) atoms. The van der Waals surface area contributed by atoms with Crippen molar-refractivity contribution in [2.45, 2.75) is 51.7 Å². The van der Waals surface area contributed by atoms with Crippen LogP contribution in [-0.2, 0) is 15.9 Å². The molecule has 0 amide bonds. The summed E-state index contributed by atoms with van der Waals surface area (Å²) < 4.78 is 28.9. The van der Waals surface area contributed by atoms with Gasteiger partial charge in [-0.25, -0.2) is 14.2 Å². The van der Waals surface area contributed by atoms with E-state index in [1.54, 1.807) is 21.5 Å². The predicted molar refractivity (Wildman–Crippen MR) is 150 cm³/mol. The molecule has 0 saturated carbocycles. The van der Waals surface area contributed by atoms with Crippen molar-refractivity contribution in [2.75, 3.05) is 18.5 Å². The summed E-state index contributed by atoms with van der Waals surface area (Å²) in [5.41, 5.74) is 3.94. The summed E-state index contributed by atoms with van der Waals surface area (Å²) in [4.78, 5) is 21.7. The lowest BCUT2D eigenvalue weighted by atomic mass is 10.1. The molecule has 206 valence electrons. The van der Waals surface area contributed by atoms with E-state index in [-0.39, 0.29) is 6.10 Å². The lowest BCUT2D eigenvalue weighted by molar-refractivity contribution is 0.0544. The highest BCUT2D eigenvalue weighted by Gasteiger charge is 2.24. The van der Waals surface area contributed by atoms with Crippen LogP contribution in [0.1, 0.15) is 50.8 Å². The van der Waals surface area contributed by atoms with E-state index < -0.39 is 17.5 Å². The highest BCUT2D eigenvalue weighted by Crippen LogP contribution is 2.33. The molecule has 0 bridgehead atoms. The summed E-state index contributed by atoms with van der Waals surface area (Å²) in [6, 6.07) is 11.1. The van der Waals surface area contributed by atoms with Crippen molar-refractivity contribution in [3.8, 4) is 11.3 Å². The molecule has 6 rings (SSSR count). The minimum absolute atomic E-state index is 0.0716. The maximum atomic E-state index is 14.0. The van der Waals surface area contributed by atoms with Gasteiger partial charge in [-0.15, -0.1) is 0 Å². The second-order valence-electron chi connectivity index (χ2n) is 11.0. The number of rotatable bonds is 6. The molecule has 1 aliphatic rings. The molecule has 0 spiro atoms. The van der Waals surface area contributed by atoms with Crippen LogP contribution < -0.4 is 5.32 Å². The number of hydrogen-bond acceptors (Lipinski definition) is 7. The van der Waals surface area contributed by atoms with Gasteiger partial charge in [-0.1, -0.05) is 18.2 Å². The fourth-order valence-corrected chi connectivity index (χ4v) is 5.09. The fraction of sp³-hybridized carbons (Fsp3) is 0.333.